The first-order chi connectivity index (χ1) is 6.72. The molecule has 1 N–H and O–H groups in total. The molecule has 82 valence electrons. The molecule has 0 bridgehead atoms. The summed E-state index contributed by atoms with van der Waals surface area (Å²) >= 11 is 5.38. The number of amides is 1. The molecule has 1 rings (SSSR count). The van der Waals surface area contributed by atoms with Gasteiger partial charge in [0.25, 0.3) is 0 Å². The SMILES string of the molecule is COCC1(CNC(=O)CCl)CCCO1. The Kier molecular flexibility index (Phi) is 4.65. The minimum Gasteiger partial charge on any atom is -0.382 e. The van der Waals surface area contributed by atoms with Gasteiger partial charge in [-0.2, -0.15) is 0 Å². The maximum absolute atomic E-state index is 11.0. The summed E-state index contributed by atoms with van der Waals surface area (Å²) < 4.78 is 10.7. The van der Waals surface area contributed by atoms with Gasteiger partial charge in [-0.05, 0) is 12.8 Å². The molecule has 0 saturated carbocycles. The van der Waals surface area contributed by atoms with Crippen LogP contribution in [0.4, 0.5) is 0 Å². The van der Waals surface area contributed by atoms with Crippen LogP contribution in [-0.4, -0.2) is 44.3 Å². The third-order valence-corrected chi connectivity index (χ3v) is 2.56. The molecule has 1 atom stereocenters. The lowest BCUT2D eigenvalue weighted by atomic mass is 10.0. The van der Waals surface area contributed by atoms with E-state index in [-0.39, 0.29) is 17.4 Å². The molecule has 1 aliphatic heterocycles. The van der Waals surface area contributed by atoms with Gasteiger partial charge in [0.2, 0.25) is 5.91 Å². The fourth-order valence-corrected chi connectivity index (χ4v) is 1.72. The predicted octanol–water partition coefficient (Wildman–Crippen LogP) is 0.537. The van der Waals surface area contributed by atoms with E-state index in [2.05, 4.69) is 5.32 Å². The van der Waals surface area contributed by atoms with Crippen LogP contribution in [0.3, 0.4) is 0 Å². The van der Waals surface area contributed by atoms with Gasteiger partial charge >= 0.3 is 0 Å². The second kappa shape index (κ2) is 5.53. The molecule has 1 saturated heterocycles. The number of carbonyl (C=O) groups is 1. The van der Waals surface area contributed by atoms with Crippen molar-refractivity contribution in [2.24, 2.45) is 0 Å². The van der Waals surface area contributed by atoms with Crippen LogP contribution in [0.5, 0.6) is 0 Å². The highest BCUT2D eigenvalue weighted by Gasteiger charge is 2.35. The van der Waals surface area contributed by atoms with E-state index in [1.165, 1.54) is 0 Å². The number of nitrogens with one attached hydrogen (secondary N) is 1. The first-order valence-corrected chi connectivity index (χ1v) is 5.21. The summed E-state index contributed by atoms with van der Waals surface area (Å²) in [5.41, 5.74) is -0.337. The Morgan fingerprint density at radius 2 is 2.50 bits per heavy atom. The van der Waals surface area contributed by atoms with E-state index < -0.39 is 0 Å². The van der Waals surface area contributed by atoms with Gasteiger partial charge in [-0.15, -0.1) is 11.6 Å². The highest BCUT2D eigenvalue weighted by Crippen LogP contribution is 2.25. The molecule has 1 unspecified atom stereocenters. The molecule has 0 spiro atoms. The number of ether oxygens (including phenoxy) is 2. The summed E-state index contributed by atoms with van der Waals surface area (Å²) in [6, 6.07) is 0. The lowest BCUT2D eigenvalue weighted by Gasteiger charge is -2.27. The molecular formula is C9H16ClNO3. The number of hydrogen-bond donors (Lipinski definition) is 1. The van der Waals surface area contributed by atoms with E-state index in [9.17, 15) is 4.79 Å². The zero-order valence-corrected chi connectivity index (χ0v) is 9.10. The van der Waals surface area contributed by atoms with Crippen molar-refractivity contribution in [1.29, 1.82) is 0 Å². The highest BCUT2D eigenvalue weighted by molar-refractivity contribution is 6.27. The minimum atomic E-state index is -0.337. The van der Waals surface area contributed by atoms with Gasteiger partial charge < -0.3 is 14.8 Å². The van der Waals surface area contributed by atoms with Crippen LogP contribution < -0.4 is 5.32 Å². The van der Waals surface area contributed by atoms with E-state index in [0.29, 0.717) is 13.2 Å². The fraction of sp³-hybridized carbons (Fsp3) is 0.889. The molecule has 14 heavy (non-hydrogen) atoms. The van der Waals surface area contributed by atoms with Gasteiger partial charge in [0, 0.05) is 20.3 Å². The quantitative estimate of drug-likeness (QED) is 0.690. The van der Waals surface area contributed by atoms with Crippen LogP contribution in [0.1, 0.15) is 12.8 Å². The van der Waals surface area contributed by atoms with E-state index in [4.69, 9.17) is 21.1 Å². The monoisotopic (exact) mass is 221 g/mol. The third-order valence-electron chi connectivity index (χ3n) is 2.32. The maximum Gasteiger partial charge on any atom is 0.235 e. The number of carbonyl (C=O) groups excluding carboxylic acids is 1. The average Bonchev–Trinajstić information content (AvgIpc) is 2.64. The molecule has 1 amide bonds. The van der Waals surface area contributed by atoms with Crippen molar-refractivity contribution in [3.05, 3.63) is 0 Å². The number of halogens is 1. The van der Waals surface area contributed by atoms with E-state index >= 15 is 0 Å². The number of hydrogen-bond acceptors (Lipinski definition) is 3. The number of methoxy groups -OCH3 is 1. The van der Waals surface area contributed by atoms with Gasteiger partial charge in [0.1, 0.15) is 11.5 Å². The molecule has 0 radical (unpaired) electrons. The Balaban J connectivity index is 2.39. The Hall–Kier alpha value is -0.320. The maximum atomic E-state index is 11.0. The first-order valence-electron chi connectivity index (χ1n) is 4.68. The molecule has 0 aromatic rings. The van der Waals surface area contributed by atoms with Gasteiger partial charge in [-0.1, -0.05) is 0 Å². The smallest absolute Gasteiger partial charge is 0.235 e. The van der Waals surface area contributed by atoms with E-state index in [1.807, 2.05) is 0 Å². The molecular weight excluding hydrogens is 206 g/mol. The van der Waals surface area contributed by atoms with Crippen molar-refractivity contribution in [3.63, 3.8) is 0 Å². The van der Waals surface area contributed by atoms with Crippen LogP contribution in [0, 0.1) is 0 Å². The fourth-order valence-electron chi connectivity index (χ4n) is 1.63. The Bertz CT molecular complexity index is 192. The zero-order valence-electron chi connectivity index (χ0n) is 8.35. The summed E-state index contributed by atoms with van der Waals surface area (Å²) in [6.07, 6.45) is 1.93. The van der Waals surface area contributed by atoms with Crippen molar-refractivity contribution in [2.45, 2.75) is 18.4 Å². The van der Waals surface area contributed by atoms with Gasteiger partial charge in [-0.25, -0.2) is 0 Å². The lowest BCUT2D eigenvalue weighted by molar-refractivity contribution is -0.121. The molecule has 5 heteroatoms. The second-order valence-electron chi connectivity index (χ2n) is 3.48. The predicted molar refractivity (Wildman–Crippen MR) is 53.5 cm³/mol. The Labute approximate surface area is 88.9 Å². The van der Waals surface area contributed by atoms with E-state index in [1.54, 1.807) is 7.11 Å². The van der Waals surface area contributed by atoms with Crippen LogP contribution in [0.25, 0.3) is 0 Å². The highest BCUT2D eigenvalue weighted by atomic mass is 35.5. The summed E-state index contributed by atoms with van der Waals surface area (Å²) in [4.78, 5) is 11.0. The molecule has 0 aromatic carbocycles. The second-order valence-corrected chi connectivity index (χ2v) is 3.75. The van der Waals surface area contributed by atoms with Crippen molar-refractivity contribution in [3.8, 4) is 0 Å². The van der Waals surface area contributed by atoms with Crippen molar-refractivity contribution in [2.75, 3.05) is 32.7 Å². The van der Waals surface area contributed by atoms with Crippen molar-refractivity contribution < 1.29 is 14.3 Å². The summed E-state index contributed by atoms with van der Waals surface area (Å²) in [5, 5.41) is 2.72. The topological polar surface area (TPSA) is 47.6 Å². The van der Waals surface area contributed by atoms with Crippen LogP contribution >= 0.6 is 11.6 Å². The molecule has 4 nitrogen and oxygen atoms in total. The van der Waals surface area contributed by atoms with E-state index in [0.717, 1.165) is 19.4 Å². The number of alkyl halides is 1. The zero-order chi connectivity index (χ0) is 10.4. The van der Waals surface area contributed by atoms with Gasteiger partial charge in [0.15, 0.2) is 0 Å². The van der Waals surface area contributed by atoms with Crippen molar-refractivity contribution in [1.82, 2.24) is 5.32 Å². The normalized spacial score (nSPS) is 26.4. The van der Waals surface area contributed by atoms with Crippen LogP contribution in [0.2, 0.25) is 0 Å². The summed E-state index contributed by atoms with van der Waals surface area (Å²) in [6.45, 7) is 1.72. The van der Waals surface area contributed by atoms with Crippen LogP contribution in [0.15, 0.2) is 0 Å². The average molecular weight is 222 g/mol. The lowest BCUT2D eigenvalue weighted by Crippen LogP contribution is -2.46. The number of rotatable bonds is 5. The Morgan fingerprint density at radius 3 is 3.00 bits per heavy atom. The largest absolute Gasteiger partial charge is 0.382 e. The molecule has 0 aromatic heterocycles. The van der Waals surface area contributed by atoms with Gasteiger partial charge in [0.05, 0.1) is 6.61 Å². The third kappa shape index (κ3) is 3.12. The molecule has 1 fully saturated rings. The van der Waals surface area contributed by atoms with Crippen LogP contribution in [-0.2, 0) is 14.3 Å². The van der Waals surface area contributed by atoms with Crippen molar-refractivity contribution >= 4 is 17.5 Å². The summed E-state index contributed by atoms with van der Waals surface area (Å²) in [5.74, 6) is -0.180. The minimum absolute atomic E-state index is 0.0109. The molecule has 1 heterocycles. The first kappa shape index (κ1) is 11.8. The molecule has 1 aliphatic rings. The van der Waals surface area contributed by atoms with Gasteiger partial charge in [-0.3, -0.25) is 4.79 Å². The Morgan fingerprint density at radius 1 is 1.71 bits per heavy atom. The summed E-state index contributed by atoms with van der Waals surface area (Å²) in [7, 11) is 1.63. The standard InChI is InChI=1S/C9H16ClNO3/c1-13-7-9(3-2-4-14-9)6-11-8(12)5-10/h2-7H2,1H3,(H,11,12). The molecule has 0 aliphatic carbocycles.